The van der Waals surface area contributed by atoms with Crippen molar-refractivity contribution in [2.75, 3.05) is 0 Å². The van der Waals surface area contributed by atoms with Crippen LogP contribution >= 0.6 is 11.8 Å². The molecule has 0 saturated carbocycles. The van der Waals surface area contributed by atoms with Crippen LogP contribution < -0.4 is 0 Å². The summed E-state index contributed by atoms with van der Waals surface area (Å²) in [5.74, 6) is 0. The van der Waals surface area contributed by atoms with E-state index in [9.17, 15) is 0 Å². The van der Waals surface area contributed by atoms with Crippen molar-refractivity contribution in [1.82, 2.24) is 9.55 Å². The van der Waals surface area contributed by atoms with Crippen molar-refractivity contribution < 1.29 is 4.74 Å². The normalized spacial score (nSPS) is 12.9. The molecule has 0 amide bonds. The molecule has 3 heterocycles. The van der Waals surface area contributed by atoms with Crippen molar-refractivity contribution in [2.24, 2.45) is 0 Å². The van der Waals surface area contributed by atoms with Gasteiger partial charge in [0.2, 0.25) is 0 Å². The molecule has 0 saturated heterocycles. The van der Waals surface area contributed by atoms with Crippen molar-refractivity contribution in [3.8, 4) is 11.3 Å². The number of hydrogen-bond donors (Lipinski definition) is 0. The molecule has 1 aliphatic rings. The van der Waals surface area contributed by atoms with Crippen LogP contribution in [0.15, 0.2) is 107 Å². The predicted molar refractivity (Wildman–Crippen MR) is 130 cm³/mol. The van der Waals surface area contributed by atoms with Gasteiger partial charge in [-0.1, -0.05) is 90.6 Å². The Morgan fingerprint density at radius 3 is 2.44 bits per heavy atom. The molecule has 0 radical (unpaired) electrons. The highest BCUT2D eigenvalue weighted by atomic mass is 32.2. The van der Waals surface area contributed by atoms with Crippen molar-refractivity contribution in [1.29, 1.82) is 0 Å². The molecule has 0 fully saturated rings. The first-order chi connectivity index (χ1) is 15.8. The predicted octanol–water partition coefficient (Wildman–Crippen LogP) is 6.93. The lowest BCUT2D eigenvalue weighted by Crippen LogP contribution is -1.97. The highest BCUT2D eigenvalue weighted by Gasteiger charge is 2.20. The highest BCUT2D eigenvalue weighted by Crippen LogP contribution is 2.38. The highest BCUT2D eigenvalue weighted by molar-refractivity contribution is 7.99. The number of benzene rings is 3. The summed E-state index contributed by atoms with van der Waals surface area (Å²) in [5, 5.41) is 2.27. The zero-order valence-corrected chi connectivity index (χ0v) is 18.4. The minimum atomic E-state index is 0.633. The van der Waals surface area contributed by atoms with E-state index < -0.39 is 0 Å². The van der Waals surface area contributed by atoms with Crippen LogP contribution in [0.4, 0.5) is 0 Å². The molecule has 0 N–H and O–H groups in total. The van der Waals surface area contributed by atoms with Gasteiger partial charge in [0.1, 0.15) is 5.03 Å². The van der Waals surface area contributed by atoms with Crippen LogP contribution in [0, 0.1) is 0 Å². The molecular weight excluding hydrogens is 412 g/mol. The number of rotatable bonds is 5. The minimum Gasteiger partial charge on any atom is -0.372 e. The van der Waals surface area contributed by atoms with Gasteiger partial charge in [-0.2, -0.15) is 0 Å². The minimum absolute atomic E-state index is 0.633. The number of ether oxygens (including phenoxy) is 1. The van der Waals surface area contributed by atoms with Gasteiger partial charge in [-0.15, -0.1) is 0 Å². The fraction of sp³-hybridized carbons (Fsp3) is 0.107. The molecule has 2 aromatic heterocycles. The van der Waals surface area contributed by atoms with E-state index in [2.05, 4.69) is 95.7 Å². The SMILES string of the molecule is c1ccc(Cn2cc(Sc3cc4c(c(-c5ccccc5)n3)COC4)c3ccccc32)cc1. The van der Waals surface area contributed by atoms with Gasteiger partial charge in [0.15, 0.2) is 0 Å². The monoisotopic (exact) mass is 434 g/mol. The summed E-state index contributed by atoms with van der Waals surface area (Å²) in [6.45, 7) is 2.14. The summed E-state index contributed by atoms with van der Waals surface area (Å²) in [7, 11) is 0. The lowest BCUT2D eigenvalue weighted by molar-refractivity contribution is 0.134. The van der Waals surface area contributed by atoms with Crippen LogP contribution in [0.5, 0.6) is 0 Å². The average Bonchev–Trinajstić information content (AvgIpc) is 3.45. The topological polar surface area (TPSA) is 27.1 Å². The fourth-order valence-electron chi connectivity index (χ4n) is 4.36. The van der Waals surface area contributed by atoms with E-state index in [1.54, 1.807) is 11.8 Å². The van der Waals surface area contributed by atoms with Gasteiger partial charge in [0, 0.05) is 39.7 Å². The Morgan fingerprint density at radius 2 is 1.59 bits per heavy atom. The average molecular weight is 435 g/mol. The molecule has 32 heavy (non-hydrogen) atoms. The van der Waals surface area contributed by atoms with E-state index >= 15 is 0 Å². The molecule has 0 aliphatic carbocycles. The molecule has 0 bridgehead atoms. The second-order valence-corrected chi connectivity index (χ2v) is 9.09. The van der Waals surface area contributed by atoms with E-state index in [0.29, 0.717) is 13.2 Å². The summed E-state index contributed by atoms with van der Waals surface area (Å²) >= 11 is 1.74. The van der Waals surface area contributed by atoms with Crippen LogP contribution in [-0.4, -0.2) is 9.55 Å². The van der Waals surface area contributed by atoms with Gasteiger partial charge in [0.05, 0.1) is 18.9 Å². The molecule has 5 aromatic rings. The Bertz CT molecular complexity index is 1390. The van der Waals surface area contributed by atoms with Crippen molar-refractivity contribution >= 4 is 22.7 Å². The summed E-state index contributed by atoms with van der Waals surface area (Å²) in [4.78, 5) is 6.31. The van der Waals surface area contributed by atoms with Crippen LogP contribution in [-0.2, 0) is 24.5 Å². The molecule has 156 valence electrons. The quantitative estimate of drug-likeness (QED) is 0.300. The Labute approximate surface area is 191 Å². The molecule has 0 atom stereocenters. The Hall–Kier alpha value is -3.34. The lowest BCUT2D eigenvalue weighted by atomic mass is 10.0. The first-order valence-electron chi connectivity index (χ1n) is 10.8. The number of nitrogens with zero attached hydrogens (tertiary/aromatic N) is 2. The van der Waals surface area contributed by atoms with Crippen LogP contribution in [0.1, 0.15) is 16.7 Å². The van der Waals surface area contributed by atoms with E-state index in [1.165, 1.54) is 32.5 Å². The summed E-state index contributed by atoms with van der Waals surface area (Å²) in [5.41, 5.74) is 7.18. The van der Waals surface area contributed by atoms with E-state index in [4.69, 9.17) is 9.72 Å². The first kappa shape index (κ1) is 19.4. The van der Waals surface area contributed by atoms with E-state index in [-0.39, 0.29) is 0 Å². The van der Waals surface area contributed by atoms with Gasteiger partial charge in [-0.05, 0) is 23.3 Å². The molecule has 3 aromatic carbocycles. The number of para-hydroxylation sites is 1. The van der Waals surface area contributed by atoms with Gasteiger partial charge in [-0.25, -0.2) is 4.98 Å². The number of hydrogen-bond acceptors (Lipinski definition) is 3. The summed E-state index contributed by atoms with van der Waals surface area (Å²) < 4.78 is 8.10. The molecule has 3 nitrogen and oxygen atoms in total. The Morgan fingerprint density at radius 1 is 0.844 bits per heavy atom. The van der Waals surface area contributed by atoms with Crippen LogP contribution in [0.2, 0.25) is 0 Å². The maximum atomic E-state index is 5.77. The maximum Gasteiger partial charge on any atom is 0.102 e. The van der Waals surface area contributed by atoms with Crippen molar-refractivity contribution in [3.63, 3.8) is 0 Å². The summed E-state index contributed by atoms with van der Waals surface area (Å²) in [6, 6.07) is 31.8. The molecule has 6 rings (SSSR count). The maximum absolute atomic E-state index is 5.77. The molecule has 0 unspecified atom stereocenters. The second kappa shape index (κ2) is 8.30. The third kappa shape index (κ3) is 3.62. The van der Waals surface area contributed by atoms with Gasteiger partial charge in [-0.3, -0.25) is 0 Å². The second-order valence-electron chi connectivity index (χ2n) is 8.03. The number of aromatic nitrogens is 2. The Balaban J connectivity index is 1.41. The van der Waals surface area contributed by atoms with Crippen molar-refractivity contribution in [3.05, 3.63) is 114 Å². The molecule has 0 spiro atoms. The zero-order chi connectivity index (χ0) is 21.3. The standard InChI is InChI=1S/C28H22N2OS/c1-3-9-20(10-4-1)16-30-17-26(23-13-7-8-14-25(23)30)32-27-15-22-18-31-19-24(22)28(29-27)21-11-5-2-6-12-21/h1-15,17H,16,18-19H2. The Kier molecular flexibility index (Phi) is 5.02. The fourth-order valence-corrected chi connectivity index (χ4v) is 5.38. The largest absolute Gasteiger partial charge is 0.372 e. The number of fused-ring (bicyclic) bond motifs is 2. The van der Waals surface area contributed by atoms with E-state index in [0.717, 1.165) is 22.8 Å². The molecule has 1 aliphatic heterocycles. The first-order valence-corrected chi connectivity index (χ1v) is 11.6. The number of pyridine rings is 1. The lowest BCUT2D eigenvalue weighted by Gasteiger charge is -2.10. The van der Waals surface area contributed by atoms with Gasteiger partial charge in [0.25, 0.3) is 0 Å². The smallest absolute Gasteiger partial charge is 0.102 e. The molecule has 4 heteroatoms. The van der Waals surface area contributed by atoms with Crippen LogP contribution in [0.3, 0.4) is 0 Å². The van der Waals surface area contributed by atoms with Crippen LogP contribution in [0.25, 0.3) is 22.2 Å². The van der Waals surface area contributed by atoms with Gasteiger partial charge < -0.3 is 9.30 Å². The van der Waals surface area contributed by atoms with Crippen molar-refractivity contribution in [2.45, 2.75) is 29.7 Å². The summed E-state index contributed by atoms with van der Waals surface area (Å²) in [6.07, 6.45) is 2.26. The third-order valence-electron chi connectivity index (χ3n) is 5.91. The third-order valence-corrected chi connectivity index (χ3v) is 6.87. The van der Waals surface area contributed by atoms with E-state index in [1.807, 2.05) is 6.07 Å². The van der Waals surface area contributed by atoms with Gasteiger partial charge >= 0.3 is 0 Å². The molecular formula is C28H22N2OS. The zero-order valence-electron chi connectivity index (χ0n) is 17.6.